The zero-order chi connectivity index (χ0) is 15.9. The van der Waals surface area contributed by atoms with Crippen LogP contribution in [0.2, 0.25) is 0 Å². The number of aliphatic hydroxyl groups is 1. The summed E-state index contributed by atoms with van der Waals surface area (Å²) in [7, 11) is 0. The number of carbonyl (C=O) groups is 1. The molecule has 0 aliphatic carbocycles. The van der Waals surface area contributed by atoms with Crippen LogP contribution >= 0.6 is 0 Å². The van der Waals surface area contributed by atoms with Crippen LogP contribution in [-0.2, 0) is 4.79 Å². The van der Waals surface area contributed by atoms with Gasteiger partial charge in [0, 0.05) is 13.0 Å². The van der Waals surface area contributed by atoms with Crippen molar-refractivity contribution in [1.29, 1.82) is 0 Å². The van der Waals surface area contributed by atoms with E-state index < -0.39 is 0 Å². The smallest absolute Gasteiger partial charge is 0.217 e. The monoisotopic (exact) mass is 299 g/mol. The molecule has 2 N–H and O–H groups in total. The molecule has 0 radical (unpaired) electrons. The van der Waals surface area contributed by atoms with Crippen LogP contribution in [0, 0.1) is 0 Å². The quantitative estimate of drug-likeness (QED) is 0.461. The SMILES string of the molecule is CCCCCCCCCCC(CCCC(C)O)NC(C)=O. The Kier molecular flexibility index (Phi) is 14.0. The van der Waals surface area contributed by atoms with Crippen molar-refractivity contribution in [3.05, 3.63) is 0 Å². The van der Waals surface area contributed by atoms with E-state index in [-0.39, 0.29) is 12.0 Å². The van der Waals surface area contributed by atoms with E-state index in [1.165, 1.54) is 51.4 Å². The van der Waals surface area contributed by atoms with Gasteiger partial charge in [0.25, 0.3) is 0 Å². The first-order valence-electron chi connectivity index (χ1n) is 9.01. The molecule has 0 rings (SSSR count). The van der Waals surface area contributed by atoms with Gasteiger partial charge in [-0.25, -0.2) is 0 Å². The van der Waals surface area contributed by atoms with Crippen LogP contribution in [-0.4, -0.2) is 23.2 Å². The topological polar surface area (TPSA) is 49.3 Å². The highest BCUT2D eigenvalue weighted by Crippen LogP contribution is 2.13. The highest BCUT2D eigenvalue weighted by atomic mass is 16.3. The van der Waals surface area contributed by atoms with Crippen LogP contribution in [0.5, 0.6) is 0 Å². The maximum Gasteiger partial charge on any atom is 0.217 e. The largest absolute Gasteiger partial charge is 0.393 e. The molecule has 0 saturated heterocycles. The van der Waals surface area contributed by atoms with Gasteiger partial charge in [-0.1, -0.05) is 58.3 Å². The van der Waals surface area contributed by atoms with Crippen molar-refractivity contribution in [3.63, 3.8) is 0 Å². The molecule has 0 aliphatic rings. The molecule has 0 heterocycles. The molecule has 0 spiro atoms. The van der Waals surface area contributed by atoms with E-state index in [0.29, 0.717) is 6.04 Å². The van der Waals surface area contributed by atoms with Gasteiger partial charge in [0.05, 0.1) is 6.10 Å². The number of aliphatic hydroxyl groups excluding tert-OH is 1. The average Bonchev–Trinajstić information content (AvgIpc) is 2.40. The summed E-state index contributed by atoms with van der Waals surface area (Å²) in [6.07, 6.45) is 14.2. The van der Waals surface area contributed by atoms with E-state index in [9.17, 15) is 9.90 Å². The number of amides is 1. The average molecular weight is 299 g/mol. The number of hydrogen-bond acceptors (Lipinski definition) is 2. The third-order valence-electron chi connectivity index (χ3n) is 3.99. The Labute approximate surface area is 131 Å². The molecule has 0 saturated carbocycles. The van der Waals surface area contributed by atoms with Crippen LogP contribution < -0.4 is 5.32 Å². The summed E-state index contributed by atoms with van der Waals surface area (Å²) >= 11 is 0. The Bertz CT molecular complexity index is 241. The predicted molar refractivity (Wildman–Crippen MR) is 90.4 cm³/mol. The molecule has 0 bridgehead atoms. The Morgan fingerprint density at radius 2 is 1.43 bits per heavy atom. The van der Waals surface area contributed by atoms with E-state index in [2.05, 4.69) is 12.2 Å². The molecule has 2 atom stereocenters. The Hall–Kier alpha value is -0.570. The molecule has 126 valence electrons. The van der Waals surface area contributed by atoms with Gasteiger partial charge in [-0.3, -0.25) is 4.79 Å². The van der Waals surface area contributed by atoms with Crippen molar-refractivity contribution in [3.8, 4) is 0 Å². The summed E-state index contributed by atoms with van der Waals surface area (Å²) in [4.78, 5) is 11.2. The number of hydrogen-bond donors (Lipinski definition) is 2. The fourth-order valence-corrected chi connectivity index (χ4v) is 2.76. The minimum atomic E-state index is -0.230. The maximum atomic E-state index is 11.2. The lowest BCUT2D eigenvalue weighted by molar-refractivity contribution is -0.119. The van der Waals surface area contributed by atoms with Gasteiger partial charge in [0.15, 0.2) is 0 Å². The van der Waals surface area contributed by atoms with Gasteiger partial charge in [0.2, 0.25) is 5.91 Å². The number of nitrogens with one attached hydrogen (secondary N) is 1. The summed E-state index contributed by atoms with van der Waals surface area (Å²) < 4.78 is 0. The fourth-order valence-electron chi connectivity index (χ4n) is 2.76. The number of carbonyl (C=O) groups excluding carboxylic acids is 1. The number of rotatable bonds is 14. The molecule has 3 heteroatoms. The fraction of sp³-hybridized carbons (Fsp3) is 0.944. The van der Waals surface area contributed by atoms with Crippen molar-refractivity contribution in [1.82, 2.24) is 5.32 Å². The molecule has 3 nitrogen and oxygen atoms in total. The summed E-state index contributed by atoms with van der Waals surface area (Å²) in [5, 5.41) is 12.3. The lowest BCUT2D eigenvalue weighted by Gasteiger charge is -2.18. The Balaban J connectivity index is 3.63. The van der Waals surface area contributed by atoms with Crippen LogP contribution in [0.25, 0.3) is 0 Å². The summed E-state index contributed by atoms with van der Waals surface area (Å²) in [5.41, 5.74) is 0. The van der Waals surface area contributed by atoms with E-state index in [1.807, 2.05) is 6.92 Å². The Morgan fingerprint density at radius 3 is 1.95 bits per heavy atom. The van der Waals surface area contributed by atoms with Gasteiger partial charge in [-0.05, 0) is 32.6 Å². The van der Waals surface area contributed by atoms with E-state index in [1.54, 1.807) is 6.92 Å². The van der Waals surface area contributed by atoms with Crippen LogP contribution in [0.3, 0.4) is 0 Å². The van der Waals surface area contributed by atoms with Crippen molar-refractivity contribution in [2.24, 2.45) is 0 Å². The molecule has 0 aliphatic heterocycles. The summed E-state index contributed by atoms with van der Waals surface area (Å²) in [6.45, 7) is 5.67. The van der Waals surface area contributed by atoms with Crippen molar-refractivity contribution < 1.29 is 9.90 Å². The van der Waals surface area contributed by atoms with Crippen molar-refractivity contribution in [2.45, 2.75) is 110 Å². The first-order chi connectivity index (χ1) is 10.1. The lowest BCUT2D eigenvalue weighted by atomic mass is 10.00. The van der Waals surface area contributed by atoms with Gasteiger partial charge in [0.1, 0.15) is 0 Å². The van der Waals surface area contributed by atoms with E-state index >= 15 is 0 Å². The van der Waals surface area contributed by atoms with Gasteiger partial charge in [-0.2, -0.15) is 0 Å². The lowest BCUT2D eigenvalue weighted by Crippen LogP contribution is -2.33. The molecular weight excluding hydrogens is 262 g/mol. The highest BCUT2D eigenvalue weighted by molar-refractivity contribution is 5.73. The molecule has 0 aromatic rings. The van der Waals surface area contributed by atoms with Crippen LogP contribution in [0.15, 0.2) is 0 Å². The zero-order valence-electron chi connectivity index (χ0n) is 14.5. The molecule has 0 aromatic carbocycles. The van der Waals surface area contributed by atoms with Crippen LogP contribution in [0.1, 0.15) is 97.8 Å². The summed E-state index contributed by atoms with van der Waals surface area (Å²) in [5.74, 6) is 0.0663. The standard InChI is InChI=1S/C18H37NO2/c1-4-5-6-7-8-9-10-11-14-18(19-17(3)21)15-12-13-16(2)20/h16,18,20H,4-15H2,1-3H3,(H,19,21). The molecule has 0 fully saturated rings. The van der Waals surface area contributed by atoms with Gasteiger partial charge < -0.3 is 10.4 Å². The summed E-state index contributed by atoms with van der Waals surface area (Å²) in [6, 6.07) is 0.293. The third kappa shape index (κ3) is 15.6. The second kappa shape index (κ2) is 14.4. The number of unbranched alkanes of at least 4 members (excludes halogenated alkanes) is 7. The first-order valence-corrected chi connectivity index (χ1v) is 9.01. The third-order valence-corrected chi connectivity index (χ3v) is 3.99. The maximum absolute atomic E-state index is 11.2. The minimum Gasteiger partial charge on any atom is -0.393 e. The normalized spacial score (nSPS) is 13.9. The van der Waals surface area contributed by atoms with Crippen molar-refractivity contribution >= 4 is 5.91 Å². The van der Waals surface area contributed by atoms with E-state index in [0.717, 1.165) is 25.7 Å². The highest BCUT2D eigenvalue weighted by Gasteiger charge is 2.10. The molecule has 1 amide bonds. The molecule has 0 aromatic heterocycles. The minimum absolute atomic E-state index is 0.0663. The molecular formula is C18H37NO2. The second-order valence-corrected chi connectivity index (χ2v) is 6.44. The predicted octanol–water partition coefficient (Wildman–Crippen LogP) is 4.57. The second-order valence-electron chi connectivity index (χ2n) is 6.44. The Morgan fingerprint density at radius 1 is 0.905 bits per heavy atom. The van der Waals surface area contributed by atoms with Gasteiger partial charge in [-0.15, -0.1) is 0 Å². The molecule has 21 heavy (non-hydrogen) atoms. The first kappa shape index (κ1) is 20.4. The zero-order valence-corrected chi connectivity index (χ0v) is 14.5. The van der Waals surface area contributed by atoms with Crippen LogP contribution in [0.4, 0.5) is 0 Å². The van der Waals surface area contributed by atoms with E-state index in [4.69, 9.17) is 0 Å². The van der Waals surface area contributed by atoms with Gasteiger partial charge >= 0.3 is 0 Å². The molecule has 2 unspecified atom stereocenters. The van der Waals surface area contributed by atoms with Crippen molar-refractivity contribution in [2.75, 3.05) is 0 Å².